The van der Waals surface area contributed by atoms with Crippen molar-refractivity contribution in [2.75, 3.05) is 12.4 Å². The van der Waals surface area contributed by atoms with Crippen molar-refractivity contribution >= 4 is 29.4 Å². The van der Waals surface area contributed by atoms with E-state index >= 15 is 0 Å². The molecule has 7 nitrogen and oxygen atoms in total. The molecule has 4 rings (SSSR count). The third kappa shape index (κ3) is 4.01. The van der Waals surface area contributed by atoms with E-state index in [0.29, 0.717) is 16.8 Å². The molecule has 166 valence electrons. The lowest BCUT2D eigenvalue weighted by molar-refractivity contribution is 0.0586. The first kappa shape index (κ1) is 22.0. The van der Waals surface area contributed by atoms with E-state index in [9.17, 15) is 19.2 Å². The number of nitrogens with zero attached hydrogens (tertiary/aromatic N) is 1. The van der Waals surface area contributed by atoms with Crippen molar-refractivity contribution in [2.24, 2.45) is 0 Å². The Morgan fingerprint density at radius 3 is 2.21 bits per heavy atom. The molecule has 3 aromatic carbocycles. The highest BCUT2D eigenvalue weighted by Gasteiger charge is 2.39. The van der Waals surface area contributed by atoms with Crippen molar-refractivity contribution in [3.63, 3.8) is 0 Å². The smallest absolute Gasteiger partial charge is 0.337 e. The lowest BCUT2D eigenvalue weighted by atomic mass is 10.0. The first-order valence-corrected chi connectivity index (χ1v) is 10.4. The summed E-state index contributed by atoms with van der Waals surface area (Å²) in [5.74, 6) is -1.71. The van der Waals surface area contributed by atoms with E-state index in [2.05, 4.69) is 5.32 Å². The molecule has 0 aliphatic carbocycles. The molecule has 0 spiro atoms. The zero-order valence-corrected chi connectivity index (χ0v) is 18.4. The van der Waals surface area contributed by atoms with Crippen LogP contribution in [0.15, 0.2) is 66.7 Å². The van der Waals surface area contributed by atoms with E-state index in [1.165, 1.54) is 30.2 Å². The minimum absolute atomic E-state index is 0.202. The molecule has 7 heteroatoms. The maximum atomic E-state index is 13.1. The molecule has 33 heavy (non-hydrogen) atoms. The van der Waals surface area contributed by atoms with Crippen LogP contribution in [-0.2, 0) is 4.74 Å². The lowest BCUT2D eigenvalue weighted by Crippen LogP contribution is -2.32. The van der Waals surface area contributed by atoms with Crippen LogP contribution in [0.3, 0.4) is 0 Å². The second kappa shape index (κ2) is 8.70. The van der Waals surface area contributed by atoms with Crippen molar-refractivity contribution in [3.05, 3.63) is 100 Å². The number of fused-ring (bicyclic) bond motifs is 1. The average Bonchev–Trinajstić information content (AvgIpc) is 3.09. The average molecular weight is 442 g/mol. The number of aryl methyl sites for hydroxylation is 1. The topological polar surface area (TPSA) is 92.8 Å². The van der Waals surface area contributed by atoms with Crippen LogP contribution in [0, 0.1) is 6.92 Å². The van der Waals surface area contributed by atoms with Crippen molar-refractivity contribution in [2.45, 2.75) is 19.9 Å². The Bertz CT molecular complexity index is 1280. The molecule has 0 saturated carbocycles. The van der Waals surface area contributed by atoms with Crippen LogP contribution in [0.1, 0.15) is 65.5 Å². The quantitative estimate of drug-likeness (QED) is 0.467. The van der Waals surface area contributed by atoms with Gasteiger partial charge in [0.15, 0.2) is 0 Å². The van der Waals surface area contributed by atoms with E-state index < -0.39 is 23.8 Å². The molecule has 0 aromatic heterocycles. The van der Waals surface area contributed by atoms with Gasteiger partial charge in [-0.25, -0.2) is 4.79 Å². The number of ether oxygens (including phenoxy) is 1. The summed E-state index contributed by atoms with van der Waals surface area (Å²) < 4.78 is 4.71. The van der Waals surface area contributed by atoms with E-state index in [4.69, 9.17) is 4.74 Å². The molecule has 0 saturated heterocycles. The number of amides is 3. The van der Waals surface area contributed by atoms with Crippen LogP contribution >= 0.6 is 0 Å². The molecule has 1 heterocycles. The molecule has 1 aliphatic rings. The maximum Gasteiger partial charge on any atom is 0.337 e. The van der Waals surface area contributed by atoms with Crippen LogP contribution in [-0.4, -0.2) is 35.7 Å². The highest BCUT2D eigenvalue weighted by atomic mass is 16.5. The Balaban J connectivity index is 1.57. The Morgan fingerprint density at radius 2 is 1.55 bits per heavy atom. The molecule has 0 bridgehead atoms. The number of benzene rings is 3. The summed E-state index contributed by atoms with van der Waals surface area (Å²) >= 11 is 0. The molecule has 1 unspecified atom stereocenters. The largest absolute Gasteiger partial charge is 0.465 e. The van der Waals surface area contributed by atoms with E-state index in [-0.39, 0.29) is 22.6 Å². The number of nitrogens with one attached hydrogen (secondary N) is 1. The monoisotopic (exact) mass is 442 g/mol. The number of imide groups is 1. The highest BCUT2D eigenvalue weighted by molar-refractivity contribution is 6.22. The molecular weight excluding hydrogens is 420 g/mol. The van der Waals surface area contributed by atoms with Gasteiger partial charge in [0, 0.05) is 11.3 Å². The molecular formula is C26H22N2O5. The highest BCUT2D eigenvalue weighted by Crippen LogP contribution is 2.32. The van der Waals surface area contributed by atoms with Gasteiger partial charge in [-0.15, -0.1) is 0 Å². The van der Waals surface area contributed by atoms with Gasteiger partial charge >= 0.3 is 5.97 Å². The zero-order chi connectivity index (χ0) is 23.7. The third-order valence-corrected chi connectivity index (χ3v) is 5.75. The van der Waals surface area contributed by atoms with Crippen molar-refractivity contribution in [1.29, 1.82) is 0 Å². The number of hydrogen-bond donors (Lipinski definition) is 1. The Hall–Kier alpha value is -4.26. The predicted molar refractivity (Wildman–Crippen MR) is 122 cm³/mol. The summed E-state index contributed by atoms with van der Waals surface area (Å²) in [7, 11) is 1.30. The van der Waals surface area contributed by atoms with E-state index in [1.54, 1.807) is 32.0 Å². The van der Waals surface area contributed by atoms with Gasteiger partial charge in [-0.2, -0.15) is 0 Å². The summed E-state index contributed by atoms with van der Waals surface area (Å²) in [6.07, 6.45) is 0. The second-order valence-electron chi connectivity index (χ2n) is 7.80. The molecule has 0 fully saturated rings. The third-order valence-electron chi connectivity index (χ3n) is 5.75. The van der Waals surface area contributed by atoms with Crippen LogP contribution in [0.4, 0.5) is 5.69 Å². The van der Waals surface area contributed by atoms with Gasteiger partial charge in [-0.05, 0) is 61.4 Å². The van der Waals surface area contributed by atoms with Crippen molar-refractivity contribution in [3.8, 4) is 0 Å². The van der Waals surface area contributed by atoms with Gasteiger partial charge in [-0.1, -0.05) is 30.3 Å². The lowest BCUT2D eigenvalue weighted by Gasteiger charge is -2.22. The summed E-state index contributed by atoms with van der Waals surface area (Å²) in [6, 6.07) is 18.1. The van der Waals surface area contributed by atoms with Crippen LogP contribution < -0.4 is 5.32 Å². The number of carbonyl (C=O) groups is 4. The van der Waals surface area contributed by atoms with Crippen LogP contribution in [0.2, 0.25) is 0 Å². The minimum Gasteiger partial charge on any atom is -0.465 e. The normalized spacial score (nSPS) is 13.5. The predicted octanol–water partition coefficient (Wildman–Crippen LogP) is 4.39. The van der Waals surface area contributed by atoms with Gasteiger partial charge < -0.3 is 10.1 Å². The standard InChI is InChI=1S/C26H22N2O5/c1-15-13-19(26(32)33-3)10-12-22(15)27-23(29)18-9-11-20-21(14-18)25(31)28(24(20)30)16(2)17-7-5-4-6-8-17/h4-14,16H,1-3H3,(H,27,29). The SMILES string of the molecule is COC(=O)c1ccc(NC(=O)c2ccc3c(c2)C(=O)N(C(C)c2ccccc2)C3=O)c(C)c1. The summed E-state index contributed by atoms with van der Waals surface area (Å²) in [4.78, 5) is 51.7. The van der Waals surface area contributed by atoms with Crippen LogP contribution in [0.25, 0.3) is 0 Å². The second-order valence-corrected chi connectivity index (χ2v) is 7.80. The summed E-state index contributed by atoms with van der Waals surface area (Å²) in [6.45, 7) is 3.56. The van der Waals surface area contributed by atoms with E-state index in [1.807, 2.05) is 30.3 Å². The number of hydrogen-bond acceptors (Lipinski definition) is 5. The van der Waals surface area contributed by atoms with Gasteiger partial charge in [0.25, 0.3) is 17.7 Å². The first-order chi connectivity index (χ1) is 15.8. The Kier molecular flexibility index (Phi) is 5.79. The summed E-state index contributed by atoms with van der Waals surface area (Å²) in [5, 5.41) is 2.79. The minimum atomic E-state index is -0.466. The number of methoxy groups -OCH3 is 1. The zero-order valence-electron chi connectivity index (χ0n) is 18.4. The fraction of sp³-hybridized carbons (Fsp3) is 0.154. The Morgan fingerprint density at radius 1 is 0.879 bits per heavy atom. The molecule has 1 atom stereocenters. The van der Waals surface area contributed by atoms with Gasteiger partial charge in [0.1, 0.15) is 0 Å². The van der Waals surface area contributed by atoms with Crippen molar-refractivity contribution in [1.82, 2.24) is 4.90 Å². The molecule has 3 aromatic rings. The number of esters is 1. The molecule has 1 aliphatic heterocycles. The molecule has 3 amide bonds. The number of carbonyl (C=O) groups excluding carboxylic acids is 4. The fourth-order valence-corrected chi connectivity index (χ4v) is 3.88. The van der Waals surface area contributed by atoms with Crippen LogP contribution in [0.5, 0.6) is 0 Å². The number of anilines is 1. The molecule has 1 N–H and O–H groups in total. The Labute approximate surface area is 191 Å². The summed E-state index contributed by atoms with van der Waals surface area (Å²) in [5.41, 5.74) is 3.15. The van der Waals surface area contributed by atoms with Gasteiger partial charge in [0.2, 0.25) is 0 Å². The fourth-order valence-electron chi connectivity index (χ4n) is 3.88. The number of rotatable bonds is 5. The first-order valence-electron chi connectivity index (χ1n) is 10.4. The molecule has 0 radical (unpaired) electrons. The van der Waals surface area contributed by atoms with Gasteiger partial charge in [0.05, 0.1) is 29.8 Å². The maximum absolute atomic E-state index is 13.1. The van der Waals surface area contributed by atoms with Crippen molar-refractivity contribution < 1.29 is 23.9 Å². The van der Waals surface area contributed by atoms with Gasteiger partial charge in [-0.3, -0.25) is 19.3 Å². The van der Waals surface area contributed by atoms with E-state index in [0.717, 1.165) is 5.56 Å².